The van der Waals surface area contributed by atoms with E-state index in [9.17, 15) is 14.7 Å². The van der Waals surface area contributed by atoms with E-state index in [4.69, 9.17) is 0 Å². The van der Waals surface area contributed by atoms with E-state index in [0.29, 0.717) is 6.42 Å². The molecule has 4 nitrogen and oxygen atoms in total. The molecule has 0 saturated carbocycles. The Morgan fingerprint density at radius 2 is 1.91 bits per heavy atom. The van der Waals surface area contributed by atoms with Gasteiger partial charge in [-0.25, -0.2) is 0 Å². The molecule has 1 fully saturated rings. The second-order valence-corrected chi connectivity index (χ2v) is 7.61. The van der Waals surface area contributed by atoms with Crippen LogP contribution in [0.15, 0.2) is 30.3 Å². The van der Waals surface area contributed by atoms with Crippen LogP contribution in [0.3, 0.4) is 0 Å². The maximum Gasteiger partial charge on any atom is 0.311 e. The monoisotopic (exact) mass is 303 g/mol. The lowest BCUT2D eigenvalue weighted by Crippen LogP contribution is -2.38. The third kappa shape index (κ3) is 3.32. The SMILES string of the molecule is C[C@H](c1ccccc1)N1C[C@](CC(C)(C)C)(C(=O)O)CC1=O. The van der Waals surface area contributed by atoms with Crippen LogP contribution in [0.5, 0.6) is 0 Å². The summed E-state index contributed by atoms with van der Waals surface area (Å²) in [4.78, 5) is 26.0. The summed E-state index contributed by atoms with van der Waals surface area (Å²) in [7, 11) is 0. The molecule has 120 valence electrons. The fraction of sp³-hybridized carbons (Fsp3) is 0.556. The van der Waals surface area contributed by atoms with Gasteiger partial charge >= 0.3 is 5.97 Å². The fourth-order valence-corrected chi connectivity index (χ4v) is 3.48. The standard InChI is InChI=1S/C18H25NO3/c1-13(14-8-6-5-7-9-14)19-12-18(16(21)22,10-15(19)20)11-17(2,3)4/h5-9,13H,10-12H2,1-4H3,(H,21,22)/t13-,18+/m1/s1. The number of hydrogen-bond acceptors (Lipinski definition) is 2. The van der Waals surface area contributed by atoms with E-state index in [-0.39, 0.29) is 30.3 Å². The zero-order valence-electron chi connectivity index (χ0n) is 13.8. The van der Waals surface area contributed by atoms with Gasteiger partial charge in [0.15, 0.2) is 0 Å². The van der Waals surface area contributed by atoms with Crippen molar-refractivity contribution in [1.29, 1.82) is 0 Å². The van der Waals surface area contributed by atoms with Crippen LogP contribution in [-0.2, 0) is 9.59 Å². The molecule has 1 aliphatic heterocycles. The van der Waals surface area contributed by atoms with Gasteiger partial charge in [0.05, 0.1) is 11.5 Å². The Balaban J connectivity index is 2.26. The Kier molecular flexibility index (Phi) is 4.32. The number of carboxylic acids is 1. The van der Waals surface area contributed by atoms with Crippen LogP contribution < -0.4 is 0 Å². The van der Waals surface area contributed by atoms with Gasteiger partial charge in [-0.15, -0.1) is 0 Å². The molecule has 0 radical (unpaired) electrons. The average Bonchev–Trinajstić information content (AvgIpc) is 2.75. The number of aliphatic carboxylic acids is 1. The molecule has 0 aliphatic carbocycles. The largest absolute Gasteiger partial charge is 0.481 e. The van der Waals surface area contributed by atoms with Gasteiger partial charge in [-0.05, 0) is 24.3 Å². The molecule has 22 heavy (non-hydrogen) atoms. The minimum atomic E-state index is -0.974. The predicted molar refractivity (Wildman–Crippen MR) is 85.3 cm³/mol. The predicted octanol–water partition coefficient (Wildman–Crippen LogP) is 3.49. The summed E-state index contributed by atoms with van der Waals surface area (Å²) in [5.74, 6) is -0.929. The summed E-state index contributed by atoms with van der Waals surface area (Å²) in [6, 6.07) is 9.65. The summed E-state index contributed by atoms with van der Waals surface area (Å²) in [5.41, 5.74) is -0.0731. The molecule has 1 aromatic rings. The third-order valence-electron chi connectivity index (χ3n) is 4.35. The molecule has 0 unspecified atom stereocenters. The van der Waals surface area contributed by atoms with E-state index < -0.39 is 11.4 Å². The van der Waals surface area contributed by atoms with E-state index >= 15 is 0 Å². The molecule has 0 bridgehead atoms. The Bertz CT molecular complexity index is 561. The van der Waals surface area contributed by atoms with Gasteiger partial charge in [-0.3, -0.25) is 9.59 Å². The quantitative estimate of drug-likeness (QED) is 0.926. The highest BCUT2D eigenvalue weighted by atomic mass is 16.4. The minimum Gasteiger partial charge on any atom is -0.481 e. The average molecular weight is 303 g/mol. The smallest absolute Gasteiger partial charge is 0.311 e. The summed E-state index contributed by atoms with van der Waals surface area (Å²) in [6.07, 6.45) is 0.593. The highest BCUT2D eigenvalue weighted by molar-refractivity contribution is 5.89. The van der Waals surface area contributed by atoms with Crippen molar-refractivity contribution in [3.8, 4) is 0 Å². The Morgan fingerprint density at radius 3 is 2.41 bits per heavy atom. The van der Waals surface area contributed by atoms with Crippen LogP contribution in [0.2, 0.25) is 0 Å². The zero-order chi connectivity index (χ0) is 16.5. The van der Waals surface area contributed by atoms with Crippen molar-refractivity contribution in [2.24, 2.45) is 10.8 Å². The van der Waals surface area contributed by atoms with E-state index in [1.165, 1.54) is 0 Å². The van der Waals surface area contributed by atoms with Gasteiger partial charge in [0.1, 0.15) is 0 Å². The molecule has 2 atom stereocenters. The van der Waals surface area contributed by atoms with Gasteiger partial charge < -0.3 is 10.0 Å². The molecular weight excluding hydrogens is 278 g/mol. The number of hydrogen-bond donors (Lipinski definition) is 1. The van der Waals surface area contributed by atoms with Crippen LogP contribution in [0, 0.1) is 10.8 Å². The molecule has 1 N–H and O–H groups in total. The Morgan fingerprint density at radius 1 is 1.32 bits per heavy atom. The first-order valence-electron chi connectivity index (χ1n) is 7.72. The second kappa shape index (κ2) is 5.75. The highest BCUT2D eigenvalue weighted by Crippen LogP contribution is 2.44. The number of carbonyl (C=O) groups is 2. The van der Waals surface area contributed by atoms with Crippen molar-refractivity contribution in [2.45, 2.75) is 46.6 Å². The van der Waals surface area contributed by atoms with Gasteiger partial charge in [-0.1, -0.05) is 51.1 Å². The van der Waals surface area contributed by atoms with Gasteiger partial charge in [0.25, 0.3) is 0 Å². The van der Waals surface area contributed by atoms with Crippen LogP contribution in [0.25, 0.3) is 0 Å². The second-order valence-electron chi connectivity index (χ2n) is 7.61. The van der Waals surface area contributed by atoms with Gasteiger partial charge in [0, 0.05) is 13.0 Å². The zero-order valence-corrected chi connectivity index (χ0v) is 13.8. The number of carbonyl (C=O) groups excluding carboxylic acids is 1. The molecule has 4 heteroatoms. The molecule has 2 rings (SSSR count). The fourth-order valence-electron chi connectivity index (χ4n) is 3.48. The van der Waals surface area contributed by atoms with Crippen molar-refractivity contribution < 1.29 is 14.7 Å². The first-order chi connectivity index (χ1) is 10.1. The highest BCUT2D eigenvalue weighted by Gasteiger charge is 2.51. The maximum absolute atomic E-state index is 12.5. The Labute approximate surface area is 132 Å². The van der Waals surface area contributed by atoms with Crippen LogP contribution in [0.4, 0.5) is 0 Å². The summed E-state index contributed by atoms with van der Waals surface area (Å²) >= 11 is 0. The van der Waals surface area contributed by atoms with Crippen molar-refractivity contribution in [2.75, 3.05) is 6.54 Å². The molecule has 1 aromatic carbocycles. The van der Waals surface area contributed by atoms with E-state index in [1.807, 2.05) is 58.0 Å². The first-order valence-corrected chi connectivity index (χ1v) is 7.72. The van der Waals surface area contributed by atoms with Gasteiger partial charge in [-0.2, -0.15) is 0 Å². The number of likely N-dealkylation sites (tertiary alicyclic amines) is 1. The summed E-state index contributed by atoms with van der Waals surface area (Å²) < 4.78 is 0. The third-order valence-corrected chi connectivity index (χ3v) is 4.35. The molecule has 0 spiro atoms. The molecule has 1 heterocycles. The number of rotatable bonds is 4. The summed E-state index contributed by atoms with van der Waals surface area (Å²) in [6.45, 7) is 8.30. The van der Waals surface area contributed by atoms with Crippen LogP contribution in [-0.4, -0.2) is 28.4 Å². The Hall–Kier alpha value is -1.84. The maximum atomic E-state index is 12.5. The molecule has 1 saturated heterocycles. The molecule has 1 amide bonds. The molecule has 1 aliphatic rings. The van der Waals surface area contributed by atoms with Crippen molar-refractivity contribution >= 4 is 11.9 Å². The lowest BCUT2D eigenvalue weighted by molar-refractivity contribution is -0.150. The number of carboxylic acid groups (broad SMARTS) is 1. The topological polar surface area (TPSA) is 57.6 Å². The summed E-state index contributed by atoms with van der Waals surface area (Å²) in [5, 5.41) is 9.74. The number of benzene rings is 1. The van der Waals surface area contributed by atoms with E-state index in [2.05, 4.69) is 0 Å². The van der Waals surface area contributed by atoms with Crippen LogP contribution >= 0.6 is 0 Å². The molecular formula is C18H25NO3. The van der Waals surface area contributed by atoms with E-state index in [0.717, 1.165) is 5.56 Å². The minimum absolute atomic E-state index is 0.0667. The van der Waals surface area contributed by atoms with Crippen LogP contribution in [0.1, 0.15) is 52.1 Å². The van der Waals surface area contributed by atoms with E-state index in [1.54, 1.807) is 4.90 Å². The van der Waals surface area contributed by atoms with Crippen molar-refractivity contribution in [3.05, 3.63) is 35.9 Å². The lowest BCUT2D eigenvalue weighted by Gasteiger charge is -2.32. The molecule has 0 aromatic heterocycles. The number of nitrogens with zero attached hydrogens (tertiary/aromatic N) is 1. The number of amides is 1. The lowest BCUT2D eigenvalue weighted by atomic mass is 9.73. The van der Waals surface area contributed by atoms with Crippen molar-refractivity contribution in [1.82, 2.24) is 4.90 Å². The van der Waals surface area contributed by atoms with Crippen molar-refractivity contribution in [3.63, 3.8) is 0 Å². The normalized spacial score (nSPS) is 23.6. The first kappa shape index (κ1) is 16.5. The van der Waals surface area contributed by atoms with Gasteiger partial charge in [0.2, 0.25) is 5.91 Å².